The minimum Gasteiger partial charge on any atom is -0.497 e. The Balaban J connectivity index is 1.63. The number of benzene rings is 3. The van der Waals surface area contributed by atoms with Crippen molar-refractivity contribution in [3.05, 3.63) is 124 Å². The normalized spacial score (nSPS) is 10.7. The van der Waals surface area contributed by atoms with Gasteiger partial charge in [-0.15, -0.1) is 0 Å². The van der Waals surface area contributed by atoms with Crippen molar-refractivity contribution in [1.29, 1.82) is 0 Å². The molecule has 0 N–H and O–H groups in total. The SMILES string of the molecule is COc1ccc(-c2ccccc2Cc2ccc(=O)n(Cc3ccccc3)c2)cc1. The molecule has 0 spiro atoms. The molecule has 1 aromatic heterocycles. The molecule has 0 unspecified atom stereocenters. The smallest absolute Gasteiger partial charge is 0.250 e. The van der Waals surface area contributed by atoms with Gasteiger partial charge in [-0.2, -0.15) is 0 Å². The van der Waals surface area contributed by atoms with Gasteiger partial charge in [0.15, 0.2) is 0 Å². The van der Waals surface area contributed by atoms with Crippen molar-refractivity contribution < 1.29 is 4.74 Å². The highest BCUT2D eigenvalue weighted by molar-refractivity contribution is 5.68. The molecule has 0 fully saturated rings. The Labute approximate surface area is 170 Å². The predicted octanol–water partition coefficient (Wildman–Crippen LogP) is 5.16. The van der Waals surface area contributed by atoms with E-state index in [-0.39, 0.29) is 5.56 Å². The second-order valence-corrected chi connectivity index (χ2v) is 7.05. The molecule has 0 saturated heterocycles. The van der Waals surface area contributed by atoms with Gasteiger partial charge in [0, 0.05) is 12.3 Å². The largest absolute Gasteiger partial charge is 0.497 e. The summed E-state index contributed by atoms with van der Waals surface area (Å²) in [4.78, 5) is 12.3. The minimum atomic E-state index is 0.0149. The van der Waals surface area contributed by atoms with Gasteiger partial charge in [-0.05, 0) is 46.4 Å². The highest BCUT2D eigenvalue weighted by Crippen LogP contribution is 2.27. The molecule has 0 aliphatic rings. The average Bonchev–Trinajstić information content (AvgIpc) is 2.77. The van der Waals surface area contributed by atoms with E-state index in [4.69, 9.17) is 4.74 Å². The van der Waals surface area contributed by atoms with Crippen molar-refractivity contribution >= 4 is 0 Å². The molecule has 3 aromatic carbocycles. The molecule has 0 bridgehead atoms. The van der Waals surface area contributed by atoms with Crippen LogP contribution in [-0.4, -0.2) is 11.7 Å². The van der Waals surface area contributed by atoms with Crippen LogP contribution in [-0.2, 0) is 13.0 Å². The number of aromatic nitrogens is 1. The molecule has 0 amide bonds. The molecular formula is C26H23NO2. The molecule has 4 rings (SSSR count). The molecule has 4 aromatic rings. The summed E-state index contributed by atoms with van der Waals surface area (Å²) < 4.78 is 7.05. The Hall–Kier alpha value is -3.59. The lowest BCUT2D eigenvalue weighted by molar-refractivity contribution is 0.415. The number of methoxy groups -OCH3 is 1. The van der Waals surface area contributed by atoms with Crippen molar-refractivity contribution in [2.24, 2.45) is 0 Å². The van der Waals surface area contributed by atoms with E-state index >= 15 is 0 Å². The molecule has 0 atom stereocenters. The average molecular weight is 381 g/mol. The van der Waals surface area contributed by atoms with Crippen molar-refractivity contribution in [2.75, 3.05) is 7.11 Å². The van der Waals surface area contributed by atoms with Gasteiger partial charge < -0.3 is 9.30 Å². The molecule has 0 radical (unpaired) electrons. The molecule has 1 heterocycles. The lowest BCUT2D eigenvalue weighted by Crippen LogP contribution is -2.19. The second-order valence-electron chi connectivity index (χ2n) is 7.05. The third kappa shape index (κ3) is 4.46. The minimum absolute atomic E-state index is 0.0149. The quantitative estimate of drug-likeness (QED) is 0.462. The van der Waals surface area contributed by atoms with Crippen LogP contribution in [0.25, 0.3) is 11.1 Å². The van der Waals surface area contributed by atoms with E-state index < -0.39 is 0 Å². The topological polar surface area (TPSA) is 31.2 Å². The van der Waals surface area contributed by atoms with Gasteiger partial charge in [0.2, 0.25) is 0 Å². The zero-order valence-corrected chi connectivity index (χ0v) is 16.4. The summed E-state index contributed by atoms with van der Waals surface area (Å²) in [7, 11) is 1.67. The lowest BCUT2D eigenvalue weighted by atomic mass is 9.95. The van der Waals surface area contributed by atoms with Gasteiger partial charge in [-0.25, -0.2) is 0 Å². The van der Waals surface area contributed by atoms with E-state index in [9.17, 15) is 4.79 Å². The van der Waals surface area contributed by atoms with Gasteiger partial charge in [0.05, 0.1) is 13.7 Å². The molecule has 144 valence electrons. The fourth-order valence-electron chi connectivity index (χ4n) is 3.54. The van der Waals surface area contributed by atoms with Crippen LogP contribution in [0.15, 0.2) is 102 Å². The summed E-state index contributed by atoms with van der Waals surface area (Å²) >= 11 is 0. The van der Waals surface area contributed by atoms with E-state index in [0.29, 0.717) is 6.54 Å². The number of nitrogens with zero attached hydrogens (tertiary/aromatic N) is 1. The van der Waals surface area contributed by atoms with Crippen LogP contribution >= 0.6 is 0 Å². The summed E-state index contributed by atoms with van der Waals surface area (Å²) in [5.74, 6) is 0.846. The number of hydrogen-bond acceptors (Lipinski definition) is 2. The monoisotopic (exact) mass is 381 g/mol. The maximum absolute atomic E-state index is 12.3. The van der Waals surface area contributed by atoms with Crippen LogP contribution < -0.4 is 10.3 Å². The Bertz CT molecular complexity index is 1150. The molecule has 3 nitrogen and oxygen atoms in total. The van der Waals surface area contributed by atoms with E-state index in [1.807, 2.05) is 54.7 Å². The Kier molecular flexibility index (Phi) is 5.57. The fraction of sp³-hybridized carbons (Fsp3) is 0.115. The summed E-state index contributed by atoms with van der Waals surface area (Å²) in [6.45, 7) is 0.577. The van der Waals surface area contributed by atoms with Gasteiger partial charge >= 0.3 is 0 Å². The van der Waals surface area contributed by atoms with Crippen LogP contribution in [0, 0.1) is 0 Å². The second kappa shape index (κ2) is 8.61. The summed E-state index contributed by atoms with van der Waals surface area (Å²) in [6.07, 6.45) is 2.73. The van der Waals surface area contributed by atoms with E-state index in [0.717, 1.165) is 28.9 Å². The van der Waals surface area contributed by atoms with E-state index in [1.54, 1.807) is 17.7 Å². The van der Waals surface area contributed by atoms with Crippen LogP contribution in [0.5, 0.6) is 5.75 Å². The highest BCUT2D eigenvalue weighted by Gasteiger charge is 2.08. The third-order valence-electron chi connectivity index (χ3n) is 5.05. The van der Waals surface area contributed by atoms with Crippen molar-refractivity contribution in [1.82, 2.24) is 4.57 Å². The Morgan fingerprint density at radius 3 is 2.24 bits per heavy atom. The number of ether oxygens (including phenoxy) is 1. The van der Waals surface area contributed by atoms with Gasteiger partial charge in [-0.3, -0.25) is 4.79 Å². The maximum Gasteiger partial charge on any atom is 0.250 e. The zero-order valence-electron chi connectivity index (χ0n) is 16.4. The lowest BCUT2D eigenvalue weighted by Gasteiger charge is -2.12. The third-order valence-corrected chi connectivity index (χ3v) is 5.05. The fourth-order valence-corrected chi connectivity index (χ4v) is 3.54. The number of rotatable bonds is 6. The van der Waals surface area contributed by atoms with E-state index in [1.165, 1.54) is 11.1 Å². The standard InChI is InChI=1S/C26H23NO2/c1-29-24-14-12-22(13-15-24)25-10-6-5-9-23(25)17-21-11-16-26(28)27(19-21)18-20-7-3-2-4-8-20/h2-16,19H,17-18H2,1H3. The highest BCUT2D eigenvalue weighted by atomic mass is 16.5. The Morgan fingerprint density at radius 1 is 0.759 bits per heavy atom. The van der Waals surface area contributed by atoms with Crippen LogP contribution in [0.3, 0.4) is 0 Å². The molecule has 0 aliphatic carbocycles. The van der Waals surface area contributed by atoms with E-state index in [2.05, 4.69) is 36.4 Å². The van der Waals surface area contributed by atoms with Crippen molar-refractivity contribution in [2.45, 2.75) is 13.0 Å². The van der Waals surface area contributed by atoms with Gasteiger partial charge in [-0.1, -0.05) is 72.8 Å². The summed E-state index contributed by atoms with van der Waals surface area (Å²) in [5.41, 5.74) is 5.81. The van der Waals surface area contributed by atoms with Gasteiger partial charge in [0.1, 0.15) is 5.75 Å². The molecular weight excluding hydrogens is 358 g/mol. The summed E-state index contributed by atoms with van der Waals surface area (Å²) in [5, 5.41) is 0. The first kappa shape index (κ1) is 18.8. The maximum atomic E-state index is 12.3. The predicted molar refractivity (Wildman–Crippen MR) is 117 cm³/mol. The first-order valence-electron chi connectivity index (χ1n) is 9.68. The number of hydrogen-bond donors (Lipinski definition) is 0. The first-order chi connectivity index (χ1) is 14.2. The van der Waals surface area contributed by atoms with Crippen molar-refractivity contribution in [3.63, 3.8) is 0 Å². The molecule has 0 saturated carbocycles. The van der Waals surface area contributed by atoms with Gasteiger partial charge in [0.25, 0.3) is 5.56 Å². The number of pyridine rings is 1. The molecule has 29 heavy (non-hydrogen) atoms. The zero-order chi connectivity index (χ0) is 20.1. The summed E-state index contributed by atoms with van der Waals surface area (Å²) in [6, 6.07) is 30.1. The molecule has 3 heteroatoms. The van der Waals surface area contributed by atoms with Crippen LogP contribution in [0.2, 0.25) is 0 Å². The molecule has 0 aliphatic heterocycles. The van der Waals surface area contributed by atoms with Crippen molar-refractivity contribution in [3.8, 4) is 16.9 Å². The Morgan fingerprint density at radius 2 is 1.48 bits per heavy atom. The van der Waals surface area contributed by atoms with Crippen LogP contribution in [0.1, 0.15) is 16.7 Å². The first-order valence-corrected chi connectivity index (χ1v) is 9.68. The van der Waals surface area contributed by atoms with Crippen LogP contribution in [0.4, 0.5) is 0 Å².